The zero-order chi connectivity index (χ0) is 23.0. The molecule has 8 heteroatoms. The molecule has 172 valence electrons. The molecule has 2 aromatic carbocycles. The van der Waals surface area contributed by atoms with Crippen molar-refractivity contribution in [2.24, 2.45) is 7.05 Å². The Balaban J connectivity index is 1.29. The van der Waals surface area contributed by atoms with Gasteiger partial charge in [0.2, 0.25) is 0 Å². The van der Waals surface area contributed by atoms with Gasteiger partial charge < -0.3 is 9.47 Å². The van der Waals surface area contributed by atoms with E-state index in [0.29, 0.717) is 31.7 Å². The first kappa shape index (κ1) is 21.7. The van der Waals surface area contributed by atoms with E-state index in [0.717, 1.165) is 30.9 Å². The van der Waals surface area contributed by atoms with Crippen LogP contribution < -0.4 is 4.31 Å². The third-order valence-corrected chi connectivity index (χ3v) is 8.32. The van der Waals surface area contributed by atoms with Crippen molar-refractivity contribution in [3.05, 3.63) is 83.7 Å². The van der Waals surface area contributed by atoms with Gasteiger partial charge in [0.05, 0.1) is 5.69 Å². The molecule has 33 heavy (non-hydrogen) atoms. The third kappa shape index (κ3) is 4.16. The zero-order valence-electron chi connectivity index (χ0n) is 18.7. The van der Waals surface area contributed by atoms with Crippen LogP contribution in [-0.4, -0.2) is 61.4 Å². The van der Waals surface area contributed by atoms with Crippen molar-refractivity contribution in [3.8, 4) is 0 Å². The summed E-state index contributed by atoms with van der Waals surface area (Å²) in [5, 5.41) is 0. The van der Waals surface area contributed by atoms with Crippen LogP contribution in [0.4, 0.5) is 5.69 Å². The molecule has 0 saturated carbocycles. The number of carbonyl (C=O) groups is 1. The van der Waals surface area contributed by atoms with E-state index in [-0.39, 0.29) is 10.8 Å². The fourth-order valence-electron chi connectivity index (χ4n) is 4.69. The van der Waals surface area contributed by atoms with Crippen molar-refractivity contribution < 1.29 is 13.2 Å². The van der Waals surface area contributed by atoms with Gasteiger partial charge in [-0.05, 0) is 29.7 Å². The Bertz CT molecular complexity index is 1260. The summed E-state index contributed by atoms with van der Waals surface area (Å²) < 4.78 is 29.8. The van der Waals surface area contributed by atoms with Crippen LogP contribution in [0.25, 0.3) is 0 Å². The van der Waals surface area contributed by atoms with Crippen LogP contribution in [0, 0.1) is 0 Å². The molecule has 0 N–H and O–H groups in total. The first-order chi connectivity index (χ1) is 15.9. The Morgan fingerprint density at radius 3 is 2.36 bits per heavy atom. The molecular formula is C25H28N4O3S. The molecule has 0 aliphatic carbocycles. The number of aromatic nitrogens is 1. The summed E-state index contributed by atoms with van der Waals surface area (Å²) in [6.45, 7) is 4.12. The molecule has 2 aliphatic rings. The number of carbonyl (C=O) groups excluding carboxylic acids is 1. The predicted octanol–water partition coefficient (Wildman–Crippen LogP) is 2.73. The van der Waals surface area contributed by atoms with Crippen molar-refractivity contribution in [2.75, 3.05) is 37.0 Å². The predicted molar refractivity (Wildman–Crippen MR) is 128 cm³/mol. The summed E-state index contributed by atoms with van der Waals surface area (Å²) in [6.07, 6.45) is 2.25. The van der Waals surface area contributed by atoms with Crippen LogP contribution >= 0.6 is 0 Å². The topological polar surface area (TPSA) is 65.9 Å². The molecule has 1 fully saturated rings. The minimum absolute atomic E-state index is 0.125. The highest BCUT2D eigenvalue weighted by molar-refractivity contribution is 7.92. The van der Waals surface area contributed by atoms with Crippen molar-refractivity contribution in [3.63, 3.8) is 0 Å². The standard InChI is InChI=1S/C25H28N4O3S/c1-26-19-22(33(31,32)29-12-11-21-9-5-6-10-23(21)29)17-24(26)25(30)28-15-13-27(14-16-28)18-20-7-3-2-4-8-20/h2-10,17,19H,11-16,18H2,1H3. The van der Waals surface area contributed by atoms with E-state index in [2.05, 4.69) is 17.0 Å². The Morgan fingerprint density at radius 1 is 0.909 bits per heavy atom. The fourth-order valence-corrected chi connectivity index (χ4v) is 6.26. The molecule has 3 heterocycles. The first-order valence-electron chi connectivity index (χ1n) is 11.3. The van der Waals surface area contributed by atoms with Gasteiger partial charge in [0.25, 0.3) is 15.9 Å². The summed E-state index contributed by atoms with van der Waals surface area (Å²) in [7, 11) is -2.00. The van der Waals surface area contributed by atoms with Gasteiger partial charge in [-0.15, -0.1) is 0 Å². The number of hydrogen-bond acceptors (Lipinski definition) is 4. The second kappa shape index (κ2) is 8.68. The average molecular weight is 465 g/mol. The van der Waals surface area contributed by atoms with E-state index in [1.165, 1.54) is 15.9 Å². The molecule has 7 nitrogen and oxygen atoms in total. The Hall–Kier alpha value is -3.10. The number of aryl methyl sites for hydroxylation is 1. The number of amides is 1. The smallest absolute Gasteiger partial charge is 0.270 e. The lowest BCUT2D eigenvalue weighted by Crippen LogP contribution is -2.48. The van der Waals surface area contributed by atoms with Crippen LogP contribution in [0.3, 0.4) is 0 Å². The van der Waals surface area contributed by atoms with Crippen LogP contribution in [0.1, 0.15) is 21.6 Å². The van der Waals surface area contributed by atoms with Crippen molar-refractivity contribution in [1.82, 2.24) is 14.4 Å². The van der Waals surface area contributed by atoms with E-state index in [9.17, 15) is 13.2 Å². The van der Waals surface area contributed by atoms with Gasteiger partial charge in [-0.3, -0.25) is 14.0 Å². The molecule has 2 aliphatic heterocycles. The minimum Gasteiger partial charge on any atom is -0.345 e. The van der Waals surface area contributed by atoms with Gasteiger partial charge in [0.15, 0.2) is 0 Å². The molecule has 0 bridgehead atoms. The van der Waals surface area contributed by atoms with E-state index < -0.39 is 10.0 Å². The van der Waals surface area contributed by atoms with Gasteiger partial charge in [0.1, 0.15) is 10.6 Å². The maximum atomic E-state index is 13.4. The molecular weight excluding hydrogens is 436 g/mol. The Labute approximate surface area is 194 Å². The highest BCUT2D eigenvalue weighted by atomic mass is 32.2. The number of hydrogen-bond donors (Lipinski definition) is 0. The maximum Gasteiger partial charge on any atom is 0.270 e. The summed E-state index contributed by atoms with van der Waals surface area (Å²) in [5.74, 6) is -0.125. The fraction of sp³-hybridized carbons (Fsp3) is 0.320. The molecule has 5 rings (SSSR count). The lowest BCUT2D eigenvalue weighted by Gasteiger charge is -2.34. The minimum atomic E-state index is -3.73. The number of anilines is 1. The maximum absolute atomic E-state index is 13.4. The third-order valence-electron chi connectivity index (χ3n) is 6.54. The summed E-state index contributed by atoms with van der Waals surface area (Å²) in [4.78, 5) is 17.5. The SMILES string of the molecule is Cn1cc(S(=O)(=O)N2CCc3ccccc32)cc1C(=O)N1CCN(Cc2ccccc2)CC1. The quantitative estimate of drug-likeness (QED) is 0.583. The highest BCUT2D eigenvalue weighted by Gasteiger charge is 2.33. The van der Waals surface area contributed by atoms with Gasteiger partial charge in [-0.25, -0.2) is 8.42 Å². The summed E-state index contributed by atoms with van der Waals surface area (Å²) in [5.41, 5.74) is 3.42. The summed E-state index contributed by atoms with van der Waals surface area (Å²) in [6, 6.07) is 19.4. The summed E-state index contributed by atoms with van der Waals surface area (Å²) >= 11 is 0. The number of piperazine rings is 1. The normalized spacial score (nSPS) is 16.8. The van der Waals surface area contributed by atoms with Gasteiger partial charge >= 0.3 is 0 Å². The van der Waals surface area contributed by atoms with Crippen molar-refractivity contribution in [2.45, 2.75) is 17.9 Å². The second-order valence-corrected chi connectivity index (χ2v) is 10.5. The van der Waals surface area contributed by atoms with Crippen LogP contribution in [0.5, 0.6) is 0 Å². The van der Waals surface area contributed by atoms with Crippen LogP contribution in [0.15, 0.2) is 71.8 Å². The number of fused-ring (bicyclic) bond motifs is 1. The molecule has 0 spiro atoms. The van der Waals surface area contributed by atoms with Gasteiger partial charge in [0, 0.05) is 52.5 Å². The van der Waals surface area contributed by atoms with Gasteiger partial charge in [-0.2, -0.15) is 0 Å². The van der Waals surface area contributed by atoms with E-state index in [1.54, 1.807) is 17.8 Å². The van der Waals surface area contributed by atoms with Crippen LogP contribution in [0.2, 0.25) is 0 Å². The monoisotopic (exact) mass is 464 g/mol. The molecule has 0 unspecified atom stereocenters. The molecule has 0 radical (unpaired) electrons. The van der Waals surface area contributed by atoms with Gasteiger partial charge in [-0.1, -0.05) is 48.5 Å². The molecule has 3 aromatic rings. The number of para-hydroxylation sites is 1. The molecule has 1 aromatic heterocycles. The zero-order valence-corrected chi connectivity index (χ0v) is 19.5. The number of benzene rings is 2. The second-order valence-electron chi connectivity index (χ2n) is 8.68. The molecule has 1 saturated heterocycles. The molecule has 0 atom stereocenters. The van der Waals surface area contributed by atoms with Crippen molar-refractivity contribution >= 4 is 21.6 Å². The average Bonchev–Trinajstić information content (AvgIpc) is 3.44. The highest BCUT2D eigenvalue weighted by Crippen LogP contribution is 2.33. The Morgan fingerprint density at radius 2 is 1.61 bits per heavy atom. The number of rotatable bonds is 5. The van der Waals surface area contributed by atoms with E-state index in [4.69, 9.17) is 0 Å². The first-order valence-corrected chi connectivity index (χ1v) is 12.7. The Kier molecular flexibility index (Phi) is 5.72. The lowest BCUT2D eigenvalue weighted by molar-refractivity contribution is 0.0619. The van der Waals surface area contributed by atoms with Crippen LogP contribution in [-0.2, 0) is 30.0 Å². The number of nitrogens with zero attached hydrogens (tertiary/aromatic N) is 4. The van der Waals surface area contributed by atoms with E-state index >= 15 is 0 Å². The largest absolute Gasteiger partial charge is 0.345 e. The van der Waals surface area contributed by atoms with Crippen molar-refractivity contribution in [1.29, 1.82) is 0 Å². The van der Waals surface area contributed by atoms with E-state index in [1.807, 2.05) is 47.4 Å². The lowest BCUT2D eigenvalue weighted by atomic mass is 10.2. The number of sulfonamides is 1. The molecule has 1 amide bonds.